The molecule has 0 bridgehead atoms. The Kier molecular flexibility index (Phi) is 5.07. The van der Waals surface area contributed by atoms with Crippen LogP contribution < -0.4 is 5.32 Å². The van der Waals surface area contributed by atoms with E-state index in [9.17, 15) is 13.2 Å². The molecule has 1 aliphatic carbocycles. The van der Waals surface area contributed by atoms with Crippen LogP contribution in [0.4, 0.5) is 0 Å². The smallest absolute Gasteiger partial charge is 0.326 e. The maximum absolute atomic E-state index is 12.2. The van der Waals surface area contributed by atoms with Gasteiger partial charge in [-0.05, 0) is 25.7 Å². The zero-order valence-corrected chi connectivity index (χ0v) is 13.0. The average Bonchev–Trinajstić information content (AvgIpc) is 2.69. The topological polar surface area (TPSA) is 72.5 Å². The van der Waals surface area contributed by atoms with E-state index >= 15 is 0 Å². The van der Waals surface area contributed by atoms with Crippen LogP contribution in [0.15, 0.2) is 0 Å². The van der Waals surface area contributed by atoms with Crippen LogP contribution in [0.2, 0.25) is 0 Å². The van der Waals surface area contributed by atoms with Gasteiger partial charge in [0.15, 0.2) is 0 Å². The zero-order chi connectivity index (χ0) is 14.6. The van der Waals surface area contributed by atoms with E-state index in [4.69, 9.17) is 4.74 Å². The summed E-state index contributed by atoms with van der Waals surface area (Å²) in [7, 11) is -1.61. The first kappa shape index (κ1) is 15.8. The Morgan fingerprint density at radius 3 is 2.15 bits per heavy atom. The minimum atomic E-state index is -2.99. The highest BCUT2D eigenvalue weighted by Gasteiger charge is 2.45. The Bertz CT molecular complexity index is 424. The molecule has 116 valence electrons. The minimum absolute atomic E-state index is 0.0713. The van der Waals surface area contributed by atoms with Crippen LogP contribution in [0.3, 0.4) is 0 Å². The number of esters is 1. The molecule has 0 aromatic rings. The van der Waals surface area contributed by atoms with Crippen molar-refractivity contribution in [1.82, 2.24) is 5.32 Å². The van der Waals surface area contributed by atoms with E-state index in [1.165, 1.54) is 32.8 Å². The summed E-state index contributed by atoms with van der Waals surface area (Å²) in [5.74, 6) is -0.166. The second-order valence-corrected chi connectivity index (χ2v) is 8.36. The second-order valence-electron chi connectivity index (χ2n) is 6.06. The van der Waals surface area contributed by atoms with Crippen molar-refractivity contribution < 1.29 is 17.9 Å². The second kappa shape index (κ2) is 6.43. The molecule has 20 heavy (non-hydrogen) atoms. The fraction of sp³-hybridized carbons (Fsp3) is 0.929. The minimum Gasteiger partial charge on any atom is -0.468 e. The third kappa shape index (κ3) is 3.73. The van der Waals surface area contributed by atoms with Gasteiger partial charge in [-0.2, -0.15) is 0 Å². The van der Waals surface area contributed by atoms with Gasteiger partial charge in [0.1, 0.15) is 15.4 Å². The number of nitrogens with one attached hydrogen (secondary N) is 1. The molecule has 0 atom stereocenters. The summed E-state index contributed by atoms with van der Waals surface area (Å²) < 4.78 is 28.2. The summed E-state index contributed by atoms with van der Waals surface area (Å²) in [6.45, 7) is 0. The fourth-order valence-corrected chi connectivity index (χ4v) is 4.83. The molecule has 1 aliphatic heterocycles. The van der Waals surface area contributed by atoms with Gasteiger partial charge >= 0.3 is 5.97 Å². The van der Waals surface area contributed by atoms with E-state index in [1.54, 1.807) is 0 Å². The molecule has 0 amide bonds. The maximum atomic E-state index is 12.2. The molecular formula is C14H25NO4S. The predicted octanol–water partition coefficient (Wildman–Crippen LogP) is 1.42. The van der Waals surface area contributed by atoms with Crippen LogP contribution in [-0.2, 0) is 19.4 Å². The van der Waals surface area contributed by atoms with Gasteiger partial charge in [0.25, 0.3) is 0 Å². The molecule has 0 spiro atoms. The van der Waals surface area contributed by atoms with Crippen molar-refractivity contribution in [2.45, 2.75) is 62.9 Å². The molecule has 1 heterocycles. The van der Waals surface area contributed by atoms with Gasteiger partial charge in [-0.25, -0.2) is 8.42 Å². The summed E-state index contributed by atoms with van der Waals surface area (Å²) in [6, 6.07) is 0.303. The SMILES string of the molecule is COC(=O)C1(NC2CCCCCC2)CCS(=O)(=O)CC1. The van der Waals surface area contributed by atoms with E-state index < -0.39 is 15.4 Å². The number of hydrogen-bond acceptors (Lipinski definition) is 5. The molecule has 5 nitrogen and oxygen atoms in total. The molecule has 0 aromatic heterocycles. The Morgan fingerprint density at radius 2 is 1.65 bits per heavy atom. The number of ether oxygens (including phenoxy) is 1. The van der Waals surface area contributed by atoms with E-state index in [1.807, 2.05) is 0 Å². The molecule has 6 heteroatoms. The molecule has 0 unspecified atom stereocenters. The predicted molar refractivity (Wildman–Crippen MR) is 77.3 cm³/mol. The van der Waals surface area contributed by atoms with Crippen molar-refractivity contribution in [1.29, 1.82) is 0 Å². The van der Waals surface area contributed by atoms with Crippen molar-refractivity contribution in [3.63, 3.8) is 0 Å². The lowest BCUT2D eigenvalue weighted by molar-refractivity contribution is -0.149. The summed E-state index contributed by atoms with van der Waals surface area (Å²) in [5, 5.41) is 3.46. The van der Waals surface area contributed by atoms with Gasteiger partial charge in [0, 0.05) is 6.04 Å². The molecular weight excluding hydrogens is 278 g/mol. The van der Waals surface area contributed by atoms with Gasteiger partial charge in [-0.15, -0.1) is 0 Å². The molecule has 0 radical (unpaired) electrons. The highest BCUT2D eigenvalue weighted by atomic mass is 32.2. The quantitative estimate of drug-likeness (QED) is 0.630. The maximum Gasteiger partial charge on any atom is 0.326 e. The van der Waals surface area contributed by atoms with Gasteiger partial charge in [-0.1, -0.05) is 25.7 Å². The lowest BCUT2D eigenvalue weighted by atomic mass is 9.90. The number of hydrogen-bond donors (Lipinski definition) is 1. The monoisotopic (exact) mass is 303 g/mol. The summed E-state index contributed by atoms with van der Waals surface area (Å²) in [6.07, 6.45) is 7.63. The van der Waals surface area contributed by atoms with Crippen LogP contribution in [0, 0.1) is 0 Å². The van der Waals surface area contributed by atoms with E-state index in [-0.39, 0.29) is 17.5 Å². The molecule has 2 fully saturated rings. The Labute approximate surface area is 121 Å². The molecule has 1 saturated carbocycles. The van der Waals surface area contributed by atoms with E-state index in [2.05, 4.69) is 5.32 Å². The Balaban J connectivity index is 2.09. The van der Waals surface area contributed by atoms with Gasteiger partial charge in [0.2, 0.25) is 0 Å². The Morgan fingerprint density at radius 1 is 1.10 bits per heavy atom. The molecule has 2 rings (SSSR count). The number of sulfone groups is 1. The first-order chi connectivity index (χ1) is 9.47. The molecule has 1 N–H and O–H groups in total. The van der Waals surface area contributed by atoms with Crippen LogP contribution in [0.1, 0.15) is 51.4 Å². The zero-order valence-electron chi connectivity index (χ0n) is 12.2. The van der Waals surface area contributed by atoms with Crippen molar-refractivity contribution in [3.8, 4) is 0 Å². The molecule has 1 saturated heterocycles. The first-order valence-electron chi connectivity index (χ1n) is 7.54. The van der Waals surface area contributed by atoms with Gasteiger partial charge in [0.05, 0.1) is 18.6 Å². The van der Waals surface area contributed by atoms with Crippen molar-refractivity contribution in [2.75, 3.05) is 18.6 Å². The summed E-state index contributed by atoms with van der Waals surface area (Å²) in [4.78, 5) is 12.2. The largest absolute Gasteiger partial charge is 0.468 e. The van der Waals surface area contributed by atoms with Crippen LogP contribution >= 0.6 is 0 Å². The average molecular weight is 303 g/mol. The van der Waals surface area contributed by atoms with Crippen LogP contribution in [-0.4, -0.2) is 44.6 Å². The standard InChI is InChI=1S/C14H25NO4S/c1-19-13(16)14(8-10-20(17,18)11-9-14)15-12-6-4-2-3-5-7-12/h12,15H,2-11H2,1H3. The third-order valence-corrected chi connectivity index (χ3v) is 6.24. The van der Waals surface area contributed by atoms with E-state index in [0.29, 0.717) is 18.9 Å². The first-order valence-corrected chi connectivity index (χ1v) is 9.36. The van der Waals surface area contributed by atoms with Gasteiger partial charge < -0.3 is 4.74 Å². The summed E-state index contributed by atoms with van der Waals surface area (Å²) >= 11 is 0. The van der Waals surface area contributed by atoms with Crippen LogP contribution in [0.25, 0.3) is 0 Å². The number of rotatable bonds is 3. The number of carbonyl (C=O) groups excluding carboxylic acids is 1. The normalized spacial score (nSPS) is 26.6. The third-order valence-electron chi connectivity index (χ3n) is 4.59. The van der Waals surface area contributed by atoms with Gasteiger partial charge in [-0.3, -0.25) is 10.1 Å². The van der Waals surface area contributed by atoms with Crippen molar-refractivity contribution in [3.05, 3.63) is 0 Å². The highest BCUT2D eigenvalue weighted by molar-refractivity contribution is 7.91. The lowest BCUT2D eigenvalue weighted by Crippen LogP contribution is -2.60. The van der Waals surface area contributed by atoms with E-state index in [0.717, 1.165) is 12.8 Å². The number of carbonyl (C=O) groups is 1. The Hall–Kier alpha value is -0.620. The highest BCUT2D eigenvalue weighted by Crippen LogP contribution is 2.28. The summed E-state index contributed by atoms with van der Waals surface area (Å²) in [5.41, 5.74) is -0.797. The molecule has 2 aliphatic rings. The fourth-order valence-electron chi connectivity index (χ4n) is 3.30. The van der Waals surface area contributed by atoms with Crippen molar-refractivity contribution in [2.24, 2.45) is 0 Å². The van der Waals surface area contributed by atoms with Crippen LogP contribution in [0.5, 0.6) is 0 Å². The van der Waals surface area contributed by atoms with Crippen molar-refractivity contribution >= 4 is 15.8 Å². The number of methoxy groups -OCH3 is 1. The molecule has 0 aromatic carbocycles. The lowest BCUT2D eigenvalue weighted by Gasteiger charge is -2.38.